The van der Waals surface area contributed by atoms with Crippen molar-refractivity contribution in [1.82, 2.24) is 9.99 Å². The number of ether oxygens (including phenoxy) is 1. The lowest BCUT2D eigenvalue weighted by molar-refractivity contribution is -0.274. The standard InChI is InChI=1S/C15H11F3N4O2/c16-15(17,18)24-12-3-4-13-11(6-12)9-22(14(23)21-13)20-8-10-2-1-5-19-7-10/h1-8H,9H2,(H,21,23)/b20-8+. The van der Waals surface area contributed by atoms with Crippen LogP contribution in [0.25, 0.3) is 0 Å². The number of hydrogen-bond acceptors (Lipinski definition) is 4. The van der Waals surface area contributed by atoms with E-state index in [0.29, 0.717) is 16.8 Å². The smallest absolute Gasteiger partial charge is 0.406 e. The summed E-state index contributed by atoms with van der Waals surface area (Å²) in [4.78, 5) is 15.9. The van der Waals surface area contributed by atoms with Gasteiger partial charge in [0.15, 0.2) is 0 Å². The molecule has 9 heteroatoms. The predicted octanol–water partition coefficient (Wildman–Crippen LogP) is 3.36. The van der Waals surface area contributed by atoms with Crippen molar-refractivity contribution in [3.63, 3.8) is 0 Å². The number of hydrazone groups is 1. The molecular weight excluding hydrogens is 325 g/mol. The van der Waals surface area contributed by atoms with Crippen molar-refractivity contribution in [1.29, 1.82) is 0 Å². The van der Waals surface area contributed by atoms with Gasteiger partial charge in [0, 0.05) is 29.2 Å². The lowest BCUT2D eigenvalue weighted by atomic mass is 10.1. The first kappa shape index (κ1) is 15.8. The summed E-state index contributed by atoms with van der Waals surface area (Å²) in [6.45, 7) is 0.0208. The normalized spacial score (nSPS) is 14.5. The number of amides is 2. The number of aromatic nitrogens is 1. The molecule has 1 N–H and O–H groups in total. The summed E-state index contributed by atoms with van der Waals surface area (Å²) in [6.07, 6.45) is -0.171. The highest BCUT2D eigenvalue weighted by Gasteiger charge is 2.32. The third-order valence-corrected chi connectivity index (χ3v) is 3.14. The molecule has 0 spiro atoms. The van der Waals surface area contributed by atoms with E-state index in [0.717, 1.165) is 11.1 Å². The molecule has 2 amide bonds. The van der Waals surface area contributed by atoms with Gasteiger partial charge >= 0.3 is 12.4 Å². The van der Waals surface area contributed by atoms with Crippen molar-refractivity contribution < 1.29 is 22.7 Å². The van der Waals surface area contributed by atoms with Gasteiger partial charge in [-0.3, -0.25) is 4.98 Å². The first-order valence-electron chi connectivity index (χ1n) is 6.82. The maximum atomic E-state index is 12.3. The second-order valence-electron chi connectivity index (χ2n) is 4.89. The van der Waals surface area contributed by atoms with Gasteiger partial charge in [0.1, 0.15) is 5.75 Å². The quantitative estimate of drug-likeness (QED) is 0.874. The molecule has 1 aromatic heterocycles. The van der Waals surface area contributed by atoms with E-state index in [-0.39, 0.29) is 12.3 Å². The van der Waals surface area contributed by atoms with Crippen molar-refractivity contribution in [2.24, 2.45) is 5.10 Å². The largest absolute Gasteiger partial charge is 0.573 e. The molecule has 0 bridgehead atoms. The number of pyridine rings is 1. The SMILES string of the molecule is O=C1Nc2ccc(OC(F)(F)F)cc2CN1/N=C/c1cccnc1. The van der Waals surface area contributed by atoms with Crippen molar-refractivity contribution in [3.8, 4) is 5.75 Å². The zero-order chi connectivity index (χ0) is 17.2. The van der Waals surface area contributed by atoms with E-state index in [2.05, 4.69) is 20.1 Å². The fraction of sp³-hybridized carbons (Fsp3) is 0.133. The number of urea groups is 1. The van der Waals surface area contributed by atoms with Gasteiger partial charge in [0.05, 0.1) is 12.8 Å². The number of carbonyl (C=O) groups is 1. The molecule has 1 aliphatic heterocycles. The molecule has 0 fully saturated rings. The highest BCUT2D eigenvalue weighted by Crippen LogP contribution is 2.30. The van der Waals surface area contributed by atoms with Gasteiger partial charge in [-0.05, 0) is 24.3 Å². The van der Waals surface area contributed by atoms with Crippen LogP contribution >= 0.6 is 0 Å². The van der Waals surface area contributed by atoms with Gasteiger partial charge < -0.3 is 10.1 Å². The molecule has 3 rings (SSSR count). The predicted molar refractivity (Wildman–Crippen MR) is 79.5 cm³/mol. The Morgan fingerprint density at radius 1 is 1.33 bits per heavy atom. The van der Waals surface area contributed by atoms with E-state index in [1.165, 1.54) is 18.3 Å². The second-order valence-corrected chi connectivity index (χ2v) is 4.89. The zero-order valence-electron chi connectivity index (χ0n) is 12.1. The van der Waals surface area contributed by atoms with Crippen LogP contribution in [0.1, 0.15) is 11.1 Å². The Morgan fingerprint density at radius 3 is 2.88 bits per heavy atom. The Labute approximate surface area is 134 Å². The zero-order valence-corrected chi connectivity index (χ0v) is 12.1. The summed E-state index contributed by atoms with van der Waals surface area (Å²) in [5, 5.41) is 7.69. The number of fused-ring (bicyclic) bond motifs is 1. The third kappa shape index (κ3) is 3.80. The first-order chi connectivity index (χ1) is 11.4. The van der Waals surface area contributed by atoms with Gasteiger partial charge in [-0.25, -0.2) is 9.80 Å². The number of hydrogen-bond donors (Lipinski definition) is 1. The second kappa shape index (κ2) is 6.19. The molecule has 1 aromatic carbocycles. The van der Waals surface area contributed by atoms with Crippen LogP contribution in [0.4, 0.5) is 23.7 Å². The summed E-state index contributed by atoms with van der Waals surface area (Å²) >= 11 is 0. The van der Waals surface area contributed by atoms with E-state index in [9.17, 15) is 18.0 Å². The summed E-state index contributed by atoms with van der Waals surface area (Å²) in [6, 6.07) is 6.70. The summed E-state index contributed by atoms with van der Waals surface area (Å²) < 4.78 is 40.7. The van der Waals surface area contributed by atoms with Gasteiger partial charge in [-0.15, -0.1) is 13.2 Å². The van der Waals surface area contributed by atoms with Crippen molar-refractivity contribution in [3.05, 3.63) is 53.9 Å². The molecule has 124 valence electrons. The number of anilines is 1. The molecular formula is C15H11F3N4O2. The molecule has 0 saturated heterocycles. The molecule has 0 radical (unpaired) electrons. The van der Waals surface area contributed by atoms with Crippen LogP contribution < -0.4 is 10.1 Å². The van der Waals surface area contributed by atoms with Gasteiger partial charge in [0.25, 0.3) is 0 Å². The minimum absolute atomic E-state index is 0.0208. The number of alkyl halides is 3. The van der Waals surface area contributed by atoms with Crippen LogP contribution in [-0.4, -0.2) is 28.6 Å². The van der Waals surface area contributed by atoms with E-state index in [1.54, 1.807) is 24.5 Å². The Hall–Kier alpha value is -3.10. The van der Waals surface area contributed by atoms with Gasteiger partial charge in [0.2, 0.25) is 0 Å². The average Bonchev–Trinajstić information content (AvgIpc) is 2.53. The van der Waals surface area contributed by atoms with Gasteiger partial charge in [-0.1, -0.05) is 6.07 Å². The molecule has 24 heavy (non-hydrogen) atoms. The fourth-order valence-corrected chi connectivity index (χ4v) is 2.11. The number of nitrogens with one attached hydrogen (secondary N) is 1. The monoisotopic (exact) mass is 336 g/mol. The molecule has 0 unspecified atom stereocenters. The van der Waals surface area contributed by atoms with Crippen LogP contribution in [0.15, 0.2) is 47.8 Å². The number of rotatable bonds is 3. The average molecular weight is 336 g/mol. The maximum Gasteiger partial charge on any atom is 0.573 e. The van der Waals surface area contributed by atoms with Crippen LogP contribution in [0.5, 0.6) is 5.75 Å². The van der Waals surface area contributed by atoms with Crippen molar-refractivity contribution in [2.75, 3.05) is 5.32 Å². The number of carbonyl (C=O) groups excluding carboxylic acids is 1. The lowest BCUT2D eigenvalue weighted by Crippen LogP contribution is -2.35. The van der Waals surface area contributed by atoms with E-state index < -0.39 is 12.4 Å². The maximum absolute atomic E-state index is 12.3. The highest BCUT2D eigenvalue weighted by atomic mass is 19.4. The van der Waals surface area contributed by atoms with E-state index in [4.69, 9.17) is 0 Å². The lowest BCUT2D eigenvalue weighted by Gasteiger charge is -2.25. The van der Waals surface area contributed by atoms with Crippen LogP contribution in [0.2, 0.25) is 0 Å². The first-order valence-corrected chi connectivity index (χ1v) is 6.82. The van der Waals surface area contributed by atoms with E-state index in [1.807, 2.05) is 0 Å². The molecule has 6 nitrogen and oxygen atoms in total. The minimum Gasteiger partial charge on any atom is -0.406 e. The summed E-state index contributed by atoms with van der Waals surface area (Å²) in [5.74, 6) is -0.353. The van der Waals surface area contributed by atoms with Crippen molar-refractivity contribution in [2.45, 2.75) is 12.9 Å². The Balaban J connectivity index is 1.79. The molecule has 2 heterocycles. The Morgan fingerprint density at radius 2 is 2.17 bits per heavy atom. The minimum atomic E-state index is -4.77. The highest BCUT2D eigenvalue weighted by molar-refractivity contribution is 5.93. The molecule has 0 aliphatic carbocycles. The van der Waals surface area contributed by atoms with Crippen molar-refractivity contribution >= 4 is 17.9 Å². The molecule has 2 aromatic rings. The van der Waals surface area contributed by atoms with Crippen LogP contribution in [0.3, 0.4) is 0 Å². The summed E-state index contributed by atoms with van der Waals surface area (Å²) in [7, 11) is 0. The topological polar surface area (TPSA) is 66.8 Å². The van der Waals surface area contributed by atoms with Gasteiger partial charge in [-0.2, -0.15) is 5.10 Å². The number of benzene rings is 1. The molecule has 0 saturated carbocycles. The third-order valence-electron chi connectivity index (χ3n) is 3.14. The number of nitrogens with zero attached hydrogens (tertiary/aromatic N) is 3. The molecule has 0 atom stereocenters. The molecule has 1 aliphatic rings. The fourth-order valence-electron chi connectivity index (χ4n) is 2.11. The summed E-state index contributed by atoms with van der Waals surface area (Å²) in [5.41, 5.74) is 1.56. The Kier molecular flexibility index (Phi) is 4.07. The van der Waals surface area contributed by atoms with E-state index >= 15 is 0 Å². The number of halogens is 3. The Bertz CT molecular complexity index is 778. The van der Waals surface area contributed by atoms with Crippen LogP contribution in [0, 0.1) is 0 Å². The van der Waals surface area contributed by atoms with Crippen LogP contribution in [-0.2, 0) is 6.54 Å².